The summed E-state index contributed by atoms with van der Waals surface area (Å²) in [5.74, 6) is 0.808. The molecule has 3 nitrogen and oxygen atoms in total. The Kier molecular flexibility index (Phi) is 4.12. The van der Waals surface area contributed by atoms with Crippen molar-refractivity contribution in [2.24, 2.45) is 0 Å². The molecule has 0 saturated carbocycles. The molecule has 0 fully saturated rings. The van der Waals surface area contributed by atoms with Crippen LogP contribution in [-0.2, 0) is 6.54 Å². The zero-order valence-corrected chi connectivity index (χ0v) is 14.6. The van der Waals surface area contributed by atoms with Crippen LogP contribution < -0.4 is 10.3 Å². The average molecular weight is 347 g/mol. The Morgan fingerprint density at radius 2 is 1.68 bits per heavy atom. The maximum atomic E-state index is 13.0. The van der Waals surface area contributed by atoms with Crippen LogP contribution in [0.5, 0.6) is 5.75 Å². The fourth-order valence-electron chi connectivity index (χ4n) is 2.98. The van der Waals surface area contributed by atoms with Crippen molar-refractivity contribution in [1.82, 2.24) is 3.96 Å². The maximum Gasteiger partial charge on any atom is 0.269 e. The molecule has 0 saturated heterocycles. The molecule has 0 N–H and O–H groups in total. The van der Waals surface area contributed by atoms with Crippen LogP contribution in [0.15, 0.2) is 77.6 Å². The summed E-state index contributed by atoms with van der Waals surface area (Å²) in [6, 6.07) is 23.9. The summed E-state index contributed by atoms with van der Waals surface area (Å²) in [4.78, 5) is 13.0. The van der Waals surface area contributed by atoms with Crippen molar-refractivity contribution >= 4 is 21.6 Å². The summed E-state index contributed by atoms with van der Waals surface area (Å²) in [7, 11) is 1.65. The molecule has 0 aliphatic rings. The van der Waals surface area contributed by atoms with E-state index in [1.807, 2.05) is 76.8 Å². The maximum absolute atomic E-state index is 13.0. The standard InChI is InChI=1S/C21H17NO2S/c1-24-17-12-10-16(11-13-17)18-8-5-9-19-20(18)21(23)22(25-19)14-15-6-3-2-4-7-15/h2-13H,14H2,1H3. The Bertz CT molecular complexity index is 1060. The van der Waals surface area contributed by atoms with Gasteiger partial charge in [0.05, 0.1) is 23.7 Å². The first-order valence-corrected chi connectivity index (χ1v) is 8.85. The van der Waals surface area contributed by atoms with Crippen molar-refractivity contribution < 1.29 is 4.74 Å². The second-order valence-corrected chi connectivity index (χ2v) is 6.89. The summed E-state index contributed by atoms with van der Waals surface area (Å²) < 4.78 is 8.06. The van der Waals surface area contributed by atoms with Gasteiger partial charge in [0.15, 0.2) is 0 Å². The SMILES string of the molecule is COc1ccc(-c2cccc3sn(Cc4ccccc4)c(=O)c23)cc1. The lowest BCUT2D eigenvalue weighted by Gasteiger charge is -2.04. The molecular formula is C21H17NO2S. The molecule has 124 valence electrons. The molecule has 0 amide bonds. The van der Waals surface area contributed by atoms with Gasteiger partial charge in [-0.3, -0.25) is 8.75 Å². The van der Waals surface area contributed by atoms with Crippen molar-refractivity contribution in [2.75, 3.05) is 7.11 Å². The molecule has 4 heteroatoms. The lowest BCUT2D eigenvalue weighted by molar-refractivity contribution is 0.415. The Hall–Kier alpha value is -2.85. The highest BCUT2D eigenvalue weighted by Gasteiger charge is 2.13. The first-order valence-electron chi connectivity index (χ1n) is 8.07. The topological polar surface area (TPSA) is 31.2 Å². The Morgan fingerprint density at radius 3 is 2.40 bits per heavy atom. The fourth-order valence-corrected chi connectivity index (χ4v) is 4.03. The van der Waals surface area contributed by atoms with Gasteiger partial charge >= 0.3 is 0 Å². The average Bonchev–Trinajstić information content (AvgIpc) is 2.98. The molecule has 0 atom stereocenters. The third kappa shape index (κ3) is 2.96. The van der Waals surface area contributed by atoms with E-state index in [1.54, 1.807) is 7.11 Å². The quantitative estimate of drug-likeness (QED) is 0.532. The molecule has 0 spiro atoms. The van der Waals surface area contributed by atoms with Crippen LogP contribution in [0.1, 0.15) is 5.56 Å². The first-order chi connectivity index (χ1) is 12.3. The van der Waals surface area contributed by atoms with Gasteiger partial charge < -0.3 is 4.74 Å². The monoisotopic (exact) mass is 347 g/mol. The van der Waals surface area contributed by atoms with E-state index in [4.69, 9.17) is 4.74 Å². The molecular weight excluding hydrogens is 330 g/mol. The molecule has 0 bridgehead atoms. The summed E-state index contributed by atoms with van der Waals surface area (Å²) in [6.07, 6.45) is 0. The second-order valence-electron chi connectivity index (χ2n) is 5.83. The molecule has 0 aliphatic carbocycles. The van der Waals surface area contributed by atoms with E-state index in [0.29, 0.717) is 6.54 Å². The Balaban J connectivity index is 1.82. The minimum absolute atomic E-state index is 0.0651. The van der Waals surface area contributed by atoms with Gasteiger partial charge in [-0.25, -0.2) is 0 Å². The van der Waals surface area contributed by atoms with E-state index in [1.165, 1.54) is 11.5 Å². The summed E-state index contributed by atoms with van der Waals surface area (Å²) in [5.41, 5.74) is 3.18. The lowest BCUT2D eigenvalue weighted by Crippen LogP contribution is -2.14. The van der Waals surface area contributed by atoms with Crippen molar-refractivity contribution in [3.05, 3.63) is 88.7 Å². The van der Waals surface area contributed by atoms with Gasteiger partial charge in [-0.1, -0.05) is 66.1 Å². The number of fused-ring (bicyclic) bond motifs is 1. The summed E-state index contributed by atoms with van der Waals surface area (Å²) in [6.45, 7) is 0.598. The van der Waals surface area contributed by atoms with Crippen LogP contribution in [0, 0.1) is 0 Å². The Morgan fingerprint density at radius 1 is 0.920 bits per heavy atom. The van der Waals surface area contributed by atoms with Crippen LogP contribution in [0.2, 0.25) is 0 Å². The van der Waals surface area contributed by atoms with Crippen LogP contribution in [0.3, 0.4) is 0 Å². The van der Waals surface area contributed by atoms with E-state index in [2.05, 4.69) is 0 Å². The van der Waals surface area contributed by atoms with Gasteiger partial charge in [0.2, 0.25) is 0 Å². The molecule has 3 aromatic carbocycles. The van der Waals surface area contributed by atoms with Crippen LogP contribution >= 0.6 is 11.5 Å². The smallest absolute Gasteiger partial charge is 0.269 e. The van der Waals surface area contributed by atoms with E-state index < -0.39 is 0 Å². The van der Waals surface area contributed by atoms with Crippen molar-refractivity contribution in [3.63, 3.8) is 0 Å². The second kappa shape index (κ2) is 6.57. The zero-order valence-electron chi connectivity index (χ0n) is 13.8. The number of hydrogen-bond acceptors (Lipinski definition) is 3. The normalized spacial score (nSPS) is 10.9. The minimum atomic E-state index is 0.0651. The van der Waals surface area contributed by atoms with Gasteiger partial charge in [-0.2, -0.15) is 0 Å². The number of benzene rings is 3. The van der Waals surface area contributed by atoms with E-state index in [-0.39, 0.29) is 5.56 Å². The number of aromatic nitrogens is 1. The Labute approximate surface area is 149 Å². The van der Waals surface area contributed by atoms with Crippen LogP contribution in [0.4, 0.5) is 0 Å². The van der Waals surface area contributed by atoms with Crippen molar-refractivity contribution in [1.29, 1.82) is 0 Å². The highest BCUT2D eigenvalue weighted by atomic mass is 32.1. The fraction of sp³-hybridized carbons (Fsp3) is 0.0952. The molecule has 25 heavy (non-hydrogen) atoms. The highest BCUT2D eigenvalue weighted by Crippen LogP contribution is 2.30. The molecule has 1 heterocycles. The van der Waals surface area contributed by atoms with E-state index >= 15 is 0 Å². The van der Waals surface area contributed by atoms with Crippen molar-refractivity contribution in [2.45, 2.75) is 6.54 Å². The molecule has 4 aromatic rings. The van der Waals surface area contributed by atoms with Crippen LogP contribution in [-0.4, -0.2) is 11.1 Å². The molecule has 0 radical (unpaired) electrons. The van der Waals surface area contributed by atoms with Gasteiger partial charge in [0, 0.05) is 0 Å². The largest absolute Gasteiger partial charge is 0.497 e. The molecule has 4 rings (SSSR count). The summed E-state index contributed by atoms with van der Waals surface area (Å²) >= 11 is 1.51. The van der Waals surface area contributed by atoms with Gasteiger partial charge in [0.25, 0.3) is 5.56 Å². The third-order valence-electron chi connectivity index (χ3n) is 4.25. The predicted molar refractivity (Wildman–Crippen MR) is 104 cm³/mol. The van der Waals surface area contributed by atoms with Gasteiger partial charge in [-0.15, -0.1) is 0 Å². The molecule has 1 aromatic heterocycles. The van der Waals surface area contributed by atoms with E-state index in [9.17, 15) is 4.79 Å². The number of ether oxygens (including phenoxy) is 1. The molecule has 0 unspecified atom stereocenters. The minimum Gasteiger partial charge on any atom is -0.497 e. The number of hydrogen-bond donors (Lipinski definition) is 0. The van der Waals surface area contributed by atoms with Gasteiger partial charge in [-0.05, 0) is 34.9 Å². The van der Waals surface area contributed by atoms with Crippen LogP contribution in [0.25, 0.3) is 21.2 Å². The van der Waals surface area contributed by atoms with Gasteiger partial charge in [0.1, 0.15) is 5.75 Å². The number of rotatable bonds is 4. The zero-order chi connectivity index (χ0) is 17.2. The molecule has 0 aliphatic heterocycles. The third-order valence-corrected chi connectivity index (χ3v) is 5.30. The highest BCUT2D eigenvalue weighted by molar-refractivity contribution is 7.14. The van der Waals surface area contributed by atoms with E-state index in [0.717, 1.165) is 32.5 Å². The first kappa shape index (κ1) is 15.7. The number of nitrogens with zero attached hydrogens (tertiary/aromatic N) is 1. The summed E-state index contributed by atoms with van der Waals surface area (Å²) in [5, 5.41) is 0.786. The predicted octanol–water partition coefficient (Wildman–Crippen LogP) is 4.79. The number of methoxy groups -OCH3 is 1. The lowest BCUT2D eigenvalue weighted by atomic mass is 10.0. The van der Waals surface area contributed by atoms with Crippen molar-refractivity contribution in [3.8, 4) is 16.9 Å².